The molecule has 122 valence electrons. The van der Waals surface area contributed by atoms with Gasteiger partial charge in [0.25, 0.3) is 5.56 Å². The van der Waals surface area contributed by atoms with Crippen LogP contribution in [0.3, 0.4) is 0 Å². The molecule has 0 N–H and O–H groups in total. The van der Waals surface area contributed by atoms with Crippen LogP contribution in [-0.2, 0) is 12.8 Å². The summed E-state index contributed by atoms with van der Waals surface area (Å²) in [5, 5.41) is 1.82. The predicted molar refractivity (Wildman–Crippen MR) is 98.9 cm³/mol. The van der Waals surface area contributed by atoms with Gasteiger partial charge in [-0.15, -0.1) is 17.9 Å². The van der Waals surface area contributed by atoms with E-state index >= 15 is 0 Å². The summed E-state index contributed by atoms with van der Waals surface area (Å²) in [6.07, 6.45) is 11.2. The Labute approximate surface area is 144 Å². The topological polar surface area (TPSA) is 34.9 Å². The Kier molecular flexibility index (Phi) is 4.33. The van der Waals surface area contributed by atoms with Crippen LogP contribution in [0.5, 0.6) is 0 Å². The van der Waals surface area contributed by atoms with E-state index < -0.39 is 0 Å². The molecule has 2 aliphatic rings. The molecule has 1 fully saturated rings. The van der Waals surface area contributed by atoms with Crippen molar-refractivity contribution in [2.45, 2.75) is 62.6 Å². The Balaban J connectivity index is 1.90. The molecule has 0 saturated heterocycles. The lowest BCUT2D eigenvalue weighted by atomic mass is 9.95. The van der Waals surface area contributed by atoms with Crippen LogP contribution in [0.4, 0.5) is 0 Å². The lowest BCUT2D eigenvalue weighted by Gasteiger charge is -2.25. The first kappa shape index (κ1) is 15.5. The van der Waals surface area contributed by atoms with Gasteiger partial charge in [0.15, 0.2) is 5.16 Å². The summed E-state index contributed by atoms with van der Waals surface area (Å²) in [5.41, 5.74) is 1.51. The van der Waals surface area contributed by atoms with Gasteiger partial charge < -0.3 is 0 Å². The van der Waals surface area contributed by atoms with Gasteiger partial charge in [0.05, 0.1) is 5.39 Å². The summed E-state index contributed by atoms with van der Waals surface area (Å²) in [4.78, 5) is 20.6. The standard InChI is InChI=1S/C18H22N2OS2/c1-2-11-22-18-19-16-15(13-9-6-10-14(13)23-16)17(21)20(18)12-7-4-3-5-8-12/h2,12H,1,3-11H2. The molecule has 1 saturated carbocycles. The van der Waals surface area contributed by atoms with Crippen molar-refractivity contribution < 1.29 is 0 Å². The lowest BCUT2D eigenvalue weighted by Crippen LogP contribution is -2.29. The van der Waals surface area contributed by atoms with Gasteiger partial charge in [0.2, 0.25) is 0 Å². The van der Waals surface area contributed by atoms with Gasteiger partial charge in [-0.05, 0) is 37.7 Å². The van der Waals surface area contributed by atoms with Gasteiger partial charge in [0.1, 0.15) is 4.83 Å². The molecule has 4 rings (SSSR count). The zero-order chi connectivity index (χ0) is 15.8. The highest BCUT2D eigenvalue weighted by atomic mass is 32.2. The molecule has 2 aromatic heterocycles. The zero-order valence-electron chi connectivity index (χ0n) is 13.3. The van der Waals surface area contributed by atoms with Crippen LogP contribution in [0, 0.1) is 0 Å². The minimum atomic E-state index is 0.216. The Morgan fingerprint density at radius 3 is 2.87 bits per heavy atom. The Morgan fingerprint density at radius 2 is 2.09 bits per heavy atom. The number of aryl methyl sites for hydroxylation is 2. The monoisotopic (exact) mass is 346 g/mol. The number of thioether (sulfide) groups is 1. The van der Waals surface area contributed by atoms with E-state index in [-0.39, 0.29) is 5.56 Å². The first-order valence-electron chi connectivity index (χ1n) is 8.60. The van der Waals surface area contributed by atoms with Gasteiger partial charge >= 0.3 is 0 Å². The second-order valence-corrected chi connectivity index (χ2v) is 8.57. The highest BCUT2D eigenvalue weighted by molar-refractivity contribution is 7.99. The third kappa shape index (κ3) is 2.68. The SMILES string of the molecule is C=CCSc1nc2sc3c(c2c(=O)n1C1CCCCC1)CCC3. The molecule has 5 heteroatoms. The zero-order valence-corrected chi connectivity index (χ0v) is 15.0. The van der Waals surface area contributed by atoms with E-state index in [2.05, 4.69) is 6.58 Å². The average Bonchev–Trinajstić information content (AvgIpc) is 3.14. The second kappa shape index (κ2) is 6.44. The second-order valence-electron chi connectivity index (χ2n) is 6.50. The number of rotatable bonds is 4. The normalized spacial score (nSPS) is 18.4. The minimum Gasteiger partial charge on any atom is -0.284 e. The molecule has 0 unspecified atom stereocenters. The predicted octanol–water partition coefficient (Wildman–Crippen LogP) is 4.73. The van der Waals surface area contributed by atoms with Crippen molar-refractivity contribution in [1.29, 1.82) is 0 Å². The summed E-state index contributed by atoms with van der Waals surface area (Å²) < 4.78 is 2.03. The summed E-state index contributed by atoms with van der Waals surface area (Å²) >= 11 is 3.39. The fourth-order valence-corrected chi connectivity index (χ4v) is 6.04. The van der Waals surface area contributed by atoms with Crippen molar-refractivity contribution in [1.82, 2.24) is 9.55 Å². The van der Waals surface area contributed by atoms with Crippen LogP contribution in [0.2, 0.25) is 0 Å². The summed E-state index contributed by atoms with van der Waals surface area (Å²) in [5.74, 6) is 0.801. The highest BCUT2D eigenvalue weighted by Crippen LogP contribution is 2.37. The smallest absolute Gasteiger partial charge is 0.263 e. The third-order valence-electron chi connectivity index (χ3n) is 5.01. The van der Waals surface area contributed by atoms with Crippen molar-refractivity contribution in [2.75, 3.05) is 5.75 Å². The summed E-state index contributed by atoms with van der Waals surface area (Å²) in [7, 11) is 0. The van der Waals surface area contributed by atoms with Crippen LogP contribution in [0.1, 0.15) is 55.0 Å². The number of nitrogens with zero attached hydrogens (tertiary/aromatic N) is 2. The Bertz CT molecular complexity index is 799. The van der Waals surface area contributed by atoms with Crippen LogP contribution in [0.15, 0.2) is 22.6 Å². The van der Waals surface area contributed by atoms with Gasteiger partial charge in [-0.1, -0.05) is 37.1 Å². The van der Waals surface area contributed by atoms with Crippen LogP contribution in [-0.4, -0.2) is 15.3 Å². The molecule has 0 aromatic carbocycles. The van der Waals surface area contributed by atoms with Crippen LogP contribution < -0.4 is 5.56 Å². The molecule has 0 aliphatic heterocycles. The Morgan fingerprint density at radius 1 is 1.26 bits per heavy atom. The number of fused-ring (bicyclic) bond motifs is 3. The molecule has 2 heterocycles. The van der Waals surface area contributed by atoms with E-state index in [0.717, 1.165) is 46.8 Å². The van der Waals surface area contributed by atoms with Gasteiger partial charge in [-0.3, -0.25) is 9.36 Å². The molecule has 2 aliphatic carbocycles. The first-order chi connectivity index (χ1) is 11.3. The molecule has 0 bridgehead atoms. The molecule has 3 nitrogen and oxygen atoms in total. The quantitative estimate of drug-likeness (QED) is 0.456. The molecule has 0 amide bonds. The van der Waals surface area contributed by atoms with E-state index in [0.29, 0.717) is 6.04 Å². The maximum atomic E-state index is 13.3. The van der Waals surface area contributed by atoms with Crippen molar-refractivity contribution in [2.24, 2.45) is 0 Å². The third-order valence-corrected chi connectivity index (χ3v) is 7.14. The van der Waals surface area contributed by atoms with E-state index in [1.165, 1.54) is 36.1 Å². The fraction of sp³-hybridized carbons (Fsp3) is 0.556. The molecular formula is C18H22N2OS2. The summed E-state index contributed by atoms with van der Waals surface area (Å²) in [6.45, 7) is 3.81. The molecule has 0 atom stereocenters. The number of aromatic nitrogens is 2. The van der Waals surface area contributed by atoms with Crippen molar-refractivity contribution in [3.05, 3.63) is 33.4 Å². The molecule has 0 spiro atoms. The molecule has 0 radical (unpaired) electrons. The van der Waals surface area contributed by atoms with Crippen LogP contribution >= 0.6 is 23.1 Å². The van der Waals surface area contributed by atoms with E-state index in [1.807, 2.05) is 10.6 Å². The molecule has 23 heavy (non-hydrogen) atoms. The lowest BCUT2D eigenvalue weighted by molar-refractivity contribution is 0.326. The molecule has 2 aromatic rings. The Hall–Kier alpha value is -1.07. The van der Waals surface area contributed by atoms with Crippen molar-refractivity contribution in [3.63, 3.8) is 0 Å². The number of hydrogen-bond donors (Lipinski definition) is 0. The van der Waals surface area contributed by atoms with Crippen LogP contribution in [0.25, 0.3) is 10.2 Å². The van der Waals surface area contributed by atoms with Gasteiger partial charge in [-0.2, -0.15) is 0 Å². The van der Waals surface area contributed by atoms with E-state index in [9.17, 15) is 4.79 Å². The maximum Gasteiger partial charge on any atom is 0.263 e. The largest absolute Gasteiger partial charge is 0.284 e. The molecular weight excluding hydrogens is 324 g/mol. The highest BCUT2D eigenvalue weighted by Gasteiger charge is 2.26. The first-order valence-corrected chi connectivity index (χ1v) is 10.4. The number of hydrogen-bond acceptors (Lipinski definition) is 4. The summed E-state index contributed by atoms with van der Waals surface area (Å²) in [6, 6.07) is 0.331. The van der Waals surface area contributed by atoms with E-state index in [1.54, 1.807) is 23.1 Å². The van der Waals surface area contributed by atoms with E-state index in [4.69, 9.17) is 4.98 Å². The number of thiophene rings is 1. The average molecular weight is 347 g/mol. The van der Waals surface area contributed by atoms with Crippen molar-refractivity contribution in [3.8, 4) is 0 Å². The van der Waals surface area contributed by atoms with Crippen molar-refractivity contribution >= 4 is 33.3 Å². The van der Waals surface area contributed by atoms with Gasteiger partial charge in [-0.25, -0.2) is 4.98 Å². The fourth-order valence-electron chi connectivity index (χ4n) is 3.93. The van der Waals surface area contributed by atoms with Gasteiger partial charge in [0, 0.05) is 16.7 Å². The minimum absolute atomic E-state index is 0.216. The maximum absolute atomic E-state index is 13.3.